The van der Waals surface area contributed by atoms with Gasteiger partial charge in [0.25, 0.3) is 0 Å². The van der Waals surface area contributed by atoms with Gasteiger partial charge in [0, 0.05) is 0 Å². The summed E-state index contributed by atoms with van der Waals surface area (Å²) in [4.78, 5) is 51.9. The van der Waals surface area contributed by atoms with Gasteiger partial charge in [0.05, 0.1) is 0 Å². The van der Waals surface area contributed by atoms with Crippen molar-refractivity contribution in [1.82, 2.24) is 0 Å². The van der Waals surface area contributed by atoms with Crippen molar-refractivity contribution in [2.45, 2.75) is 0 Å². The Morgan fingerprint density at radius 3 is 0.909 bits per heavy atom. The molecule has 0 spiro atoms. The molecule has 6 nitrogen and oxygen atoms in total. The van der Waals surface area contributed by atoms with Gasteiger partial charge in [-0.25, -0.2) is 0 Å². The third-order valence-electron chi connectivity index (χ3n) is 0. The van der Waals surface area contributed by atoms with Crippen molar-refractivity contribution in [3.8, 4) is 0 Å². The van der Waals surface area contributed by atoms with Gasteiger partial charge in [0.1, 0.15) is 0 Å². The normalized spacial score (nSPS) is 7.82. The minimum Gasteiger partial charge on any atom is -0.894 e. The summed E-state index contributed by atoms with van der Waals surface area (Å²) in [5.41, 5.74) is 0. The van der Waals surface area contributed by atoms with Crippen LogP contribution in [0, 0.1) is 73.3 Å². The number of carbonyl (C=O) groups excluding carboxylic acids is 2. The van der Waals surface area contributed by atoms with Crippen LogP contribution in [-0.2, 0) is 9.59 Å². The zero-order valence-corrected chi connectivity index (χ0v) is 10.0. The van der Waals surface area contributed by atoms with Crippen LogP contribution in [0.4, 0.5) is 0 Å². The molecule has 0 aromatic rings. The van der Waals surface area contributed by atoms with E-state index in [4.69, 9.17) is 28.8 Å². The zero-order chi connectivity index (χ0) is 9.91. The SMILES string of the molecule is O=[CH][Tb+2].O=[CH][Tb+2].[O-][Si]([O-])([O-])[O-]. The summed E-state index contributed by atoms with van der Waals surface area (Å²) in [6, 6.07) is 0. The average molecular weight is 468 g/mol. The Morgan fingerprint density at radius 2 is 0.909 bits per heavy atom. The zero-order valence-electron chi connectivity index (χ0n) is 4.77. The summed E-state index contributed by atoms with van der Waals surface area (Å²) < 4.78 is 1.50. The van der Waals surface area contributed by atoms with Crippen molar-refractivity contribution in [1.29, 1.82) is 0 Å². The molecule has 0 amide bonds. The third-order valence-corrected chi connectivity index (χ3v) is 0. The van der Waals surface area contributed by atoms with Crippen molar-refractivity contribution in [3.63, 3.8) is 0 Å². The molecule has 0 unspecified atom stereocenters. The van der Waals surface area contributed by atoms with E-state index in [0.29, 0.717) is 0 Å². The Hall–Kier alpha value is 1.97. The van der Waals surface area contributed by atoms with Crippen LogP contribution in [0.5, 0.6) is 0 Å². The minimum atomic E-state index is -5.61. The molecule has 0 aromatic carbocycles. The van der Waals surface area contributed by atoms with Crippen LogP contribution in [-0.4, -0.2) is 13.6 Å². The van der Waals surface area contributed by atoms with Crippen molar-refractivity contribution >= 4 is 13.6 Å². The molecule has 11 heavy (non-hydrogen) atoms. The third kappa shape index (κ3) is 307. The average Bonchev–Trinajstić information content (AvgIpc) is 1.62. The molecule has 0 aliphatic carbocycles. The Bertz CT molecular complexity index is 79.1. The molecule has 0 heterocycles. The standard InChI is InChI=1S/2CHO.O4Si.2Tb/c2*1-2;1-5(2,3)4;;/h2*1H;;;/q;;-4;2*+2. The van der Waals surface area contributed by atoms with E-state index in [2.05, 4.69) is 0 Å². The molecule has 9 heteroatoms. The van der Waals surface area contributed by atoms with E-state index < -0.39 is 9.05 Å². The summed E-state index contributed by atoms with van der Waals surface area (Å²) in [5.74, 6) is 0. The largest absolute Gasteiger partial charge is 0.894 e. The topological polar surface area (TPSA) is 126 Å². The number of carbonyl (C=O) groups is 2. The smallest absolute Gasteiger partial charge is 0.426 e. The van der Waals surface area contributed by atoms with Crippen molar-refractivity contribution in [2.24, 2.45) is 0 Å². The van der Waals surface area contributed by atoms with Gasteiger partial charge in [0.15, 0.2) is 0 Å². The molecule has 0 N–H and O–H groups in total. The first kappa shape index (κ1) is 18.7. The Morgan fingerprint density at radius 1 is 0.909 bits per heavy atom. The molecule has 68 valence electrons. The number of rotatable bonds is 0. The van der Waals surface area contributed by atoms with Gasteiger partial charge in [-0.05, 0) is 0 Å². The molecule has 0 aliphatic heterocycles. The summed E-state index contributed by atoms with van der Waals surface area (Å²) in [6.45, 7) is 0. The molecular formula is C2H2O6SiTb2. The van der Waals surface area contributed by atoms with E-state index in [0.717, 1.165) is 4.52 Å². The van der Waals surface area contributed by atoms with Crippen molar-refractivity contribution in [2.75, 3.05) is 0 Å². The molecule has 0 radical (unpaired) electrons. The molecule has 0 bridgehead atoms. The Labute approximate surface area is 113 Å². The Balaban J connectivity index is -0.0000000933. The predicted octanol–water partition coefficient (Wildman–Crippen LogP) is -5.68. The van der Waals surface area contributed by atoms with Gasteiger partial charge in [-0.2, -0.15) is 0 Å². The molecular weight excluding hydrogens is 466 g/mol. The summed E-state index contributed by atoms with van der Waals surface area (Å²) in [5, 5.41) is 0. The van der Waals surface area contributed by atoms with Gasteiger partial charge in [-0.15, -0.1) is 0 Å². The first-order valence-electron chi connectivity index (χ1n) is 1.67. The molecule has 0 fully saturated rings. The van der Waals surface area contributed by atoms with E-state index in [1.165, 1.54) is 73.3 Å². The maximum absolute atomic E-state index is 8.81. The van der Waals surface area contributed by atoms with Crippen molar-refractivity contribution in [3.05, 3.63) is 0 Å². The van der Waals surface area contributed by atoms with Gasteiger partial charge in [-0.3, -0.25) is 0 Å². The van der Waals surface area contributed by atoms with Gasteiger partial charge < -0.3 is 28.2 Å². The maximum Gasteiger partial charge on any atom is -0.426 e. The summed E-state index contributed by atoms with van der Waals surface area (Å²) >= 11 is 2.89. The second kappa shape index (κ2) is 14.5. The number of hydrogen-bond donors (Lipinski definition) is 0. The fraction of sp³-hybridized carbons (Fsp3) is 0. The van der Waals surface area contributed by atoms with Crippen LogP contribution in [0.2, 0.25) is 0 Å². The number of hydrogen-bond acceptors (Lipinski definition) is 6. The van der Waals surface area contributed by atoms with Crippen LogP contribution in [0.25, 0.3) is 0 Å². The maximum atomic E-state index is 8.81. The van der Waals surface area contributed by atoms with Gasteiger partial charge >= 0.3 is 87.4 Å². The van der Waals surface area contributed by atoms with Crippen molar-refractivity contribution < 1.29 is 102 Å². The van der Waals surface area contributed by atoms with Crippen LogP contribution in [0.1, 0.15) is 0 Å². The first-order valence-corrected chi connectivity index (χ1v) is 5.78. The Kier molecular flexibility index (Phi) is 24.6. The van der Waals surface area contributed by atoms with Crippen LogP contribution >= 0.6 is 0 Å². The van der Waals surface area contributed by atoms with Gasteiger partial charge in [0.2, 0.25) is 0 Å². The van der Waals surface area contributed by atoms with Crippen LogP contribution < -0.4 is 19.2 Å². The summed E-state index contributed by atoms with van der Waals surface area (Å²) in [6.07, 6.45) is 0. The second-order valence-electron chi connectivity index (χ2n) is 0.657. The van der Waals surface area contributed by atoms with E-state index in [-0.39, 0.29) is 0 Å². The molecule has 0 atom stereocenters. The first-order chi connectivity index (χ1) is 4.83. The molecule has 0 saturated heterocycles. The quantitative estimate of drug-likeness (QED) is 0.258. The fourth-order valence-corrected chi connectivity index (χ4v) is 0. The van der Waals surface area contributed by atoms with Gasteiger partial charge in [-0.1, -0.05) is 0 Å². The predicted molar refractivity (Wildman–Crippen MR) is 19.3 cm³/mol. The summed E-state index contributed by atoms with van der Waals surface area (Å²) in [7, 11) is -5.61. The fourth-order valence-electron chi connectivity index (χ4n) is 0. The molecule has 0 aromatic heterocycles. The van der Waals surface area contributed by atoms with Crippen LogP contribution in [0.15, 0.2) is 0 Å². The molecule has 0 rings (SSSR count). The van der Waals surface area contributed by atoms with E-state index in [9.17, 15) is 0 Å². The van der Waals surface area contributed by atoms with Crippen LogP contribution in [0.3, 0.4) is 0 Å². The second-order valence-corrected chi connectivity index (χ2v) is 2.67. The minimum absolute atomic E-state index is 0.750. The van der Waals surface area contributed by atoms with E-state index in [1.807, 2.05) is 0 Å². The van der Waals surface area contributed by atoms with E-state index in [1.54, 1.807) is 0 Å². The monoisotopic (exact) mass is 468 g/mol. The van der Waals surface area contributed by atoms with E-state index >= 15 is 0 Å². The molecule has 0 saturated carbocycles. The molecule has 0 aliphatic rings.